The lowest BCUT2D eigenvalue weighted by molar-refractivity contribution is 0.206. The quantitative estimate of drug-likeness (QED) is 0.921. The Bertz CT molecular complexity index is 822. The molecule has 1 saturated heterocycles. The van der Waals surface area contributed by atoms with Gasteiger partial charge in [0, 0.05) is 31.7 Å². The van der Waals surface area contributed by atoms with Crippen LogP contribution in [0.25, 0.3) is 0 Å². The highest BCUT2D eigenvalue weighted by Crippen LogP contribution is 2.36. The predicted octanol–water partition coefficient (Wildman–Crippen LogP) is 2.03. The van der Waals surface area contributed by atoms with Crippen molar-refractivity contribution in [3.05, 3.63) is 50.9 Å². The smallest absolute Gasteiger partial charge is 0.285 e. The lowest BCUT2D eigenvalue weighted by atomic mass is 10.1. The second-order valence-electron chi connectivity index (χ2n) is 6.44. The molecule has 0 amide bonds. The summed E-state index contributed by atoms with van der Waals surface area (Å²) in [7, 11) is 2.11. The first-order chi connectivity index (χ1) is 11.6. The van der Waals surface area contributed by atoms with Gasteiger partial charge in [-0.2, -0.15) is 5.10 Å². The molecule has 3 heterocycles. The molecule has 2 aliphatic heterocycles. The molecule has 24 heavy (non-hydrogen) atoms. The Morgan fingerprint density at radius 2 is 2.25 bits per heavy atom. The van der Waals surface area contributed by atoms with E-state index in [0.29, 0.717) is 18.8 Å². The highest BCUT2D eigenvalue weighted by Gasteiger charge is 2.27. The summed E-state index contributed by atoms with van der Waals surface area (Å²) >= 11 is 6.15. The van der Waals surface area contributed by atoms with E-state index in [1.165, 1.54) is 11.1 Å². The fourth-order valence-corrected chi connectivity index (χ4v) is 3.65. The van der Waals surface area contributed by atoms with Crippen LogP contribution < -0.4 is 15.2 Å². The molecule has 6 nitrogen and oxygen atoms in total. The second kappa shape index (κ2) is 6.11. The third kappa shape index (κ3) is 2.76. The van der Waals surface area contributed by atoms with Gasteiger partial charge in [-0.25, -0.2) is 5.10 Å². The average Bonchev–Trinajstić information content (AvgIpc) is 3.17. The van der Waals surface area contributed by atoms with Crippen molar-refractivity contribution in [3.63, 3.8) is 0 Å². The molecule has 4 rings (SSSR count). The maximum absolute atomic E-state index is 11.7. The molecule has 1 aromatic carbocycles. The van der Waals surface area contributed by atoms with Gasteiger partial charge in [-0.05, 0) is 25.1 Å². The molecule has 1 unspecified atom stereocenters. The molecule has 1 atom stereocenters. The van der Waals surface area contributed by atoms with Crippen LogP contribution in [0.1, 0.15) is 17.5 Å². The first-order valence-corrected chi connectivity index (χ1v) is 8.43. The normalized spacial score (nSPS) is 20.4. The number of benzene rings is 1. The second-order valence-corrected chi connectivity index (χ2v) is 6.82. The number of anilines is 1. The number of nitrogens with zero attached hydrogens (tertiary/aromatic N) is 3. The number of likely N-dealkylation sites (N-methyl/N-ethyl adjacent to an activating group) is 1. The van der Waals surface area contributed by atoms with Crippen LogP contribution >= 0.6 is 11.6 Å². The summed E-state index contributed by atoms with van der Waals surface area (Å²) in [5.41, 5.74) is 2.66. The Kier molecular flexibility index (Phi) is 3.94. The van der Waals surface area contributed by atoms with Crippen molar-refractivity contribution in [3.8, 4) is 5.75 Å². The van der Waals surface area contributed by atoms with Gasteiger partial charge in [0.05, 0.1) is 11.9 Å². The van der Waals surface area contributed by atoms with Crippen molar-refractivity contribution in [2.45, 2.75) is 25.6 Å². The number of H-pyrrole nitrogens is 1. The van der Waals surface area contributed by atoms with Crippen LogP contribution in [0.3, 0.4) is 0 Å². The lowest BCUT2D eigenvalue weighted by Crippen LogP contribution is -2.22. The average molecular weight is 347 g/mol. The topological polar surface area (TPSA) is 61.5 Å². The van der Waals surface area contributed by atoms with E-state index in [2.05, 4.69) is 33.1 Å². The molecule has 7 heteroatoms. The van der Waals surface area contributed by atoms with Gasteiger partial charge in [-0.15, -0.1) is 0 Å². The van der Waals surface area contributed by atoms with Crippen molar-refractivity contribution < 1.29 is 4.74 Å². The van der Waals surface area contributed by atoms with E-state index in [-0.39, 0.29) is 16.7 Å². The molecular weight excluding hydrogens is 328 g/mol. The van der Waals surface area contributed by atoms with Crippen LogP contribution in [0.2, 0.25) is 5.02 Å². The van der Waals surface area contributed by atoms with Crippen LogP contribution in [0, 0.1) is 0 Å². The number of likely N-dealkylation sites (tertiary alicyclic amines) is 1. The summed E-state index contributed by atoms with van der Waals surface area (Å²) in [5.74, 6) is 0.934. The van der Waals surface area contributed by atoms with Gasteiger partial charge in [0.15, 0.2) is 0 Å². The van der Waals surface area contributed by atoms with E-state index < -0.39 is 0 Å². The van der Waals surface area contributed by atoms with Crippen molar-refractivity contribution in [1.82, 2.24) is 15.1 Å². The van der Waals surface area contributed by atoms with Crippen molar-refractivity contribution >= 4 is 17.3 Å². The van der Waals surface area contributed by atoms with E-state index in [1.807, 2.05) is 12.1 Å². The van der Waals surface area contributed by atoms with Crippen molar-refractivity contribution in [1.29, 1.82) is 0 Å². The molecule has 1 fully saturated rings. The van der Waals surface area contributed by atoms with Crippen LogP contribution in [-0.4, -0.2) is 41.3 Å². The fraction of sp³-hybridized carbons (Fsp3) is 0.412. The molecule has 0 bridgehead atoms. The zero-order valence-corrected chi connectivity index (χ0v) is 14.2. The van der Waals surface area contributed by atoms with E-state index in [1.54, 1.807) is 6.20 Å². The van der Waals surface area contributed by atoms with E-state index in [9.17, 15) is 4.79 Å². The van der Waals surface area contributed by atoms with Gasteiger partial charge in [0.1, 0.15) is 16.9 Å². The Morgan fingerprint density at radius 1 is 1.38 bits per heavy atom. The van der Waals surface area contributed by atoms with E-state index in [4.69, 9.17) is 16.3 Å². The van der Waals surface area contributed by atoms with Crippen LogP contribution in [0.5, 0.6) is 5.75 Å². The predicted molar refractivity (Wildman–Crippen MR) is 92.7 cm³/mol. The minimum atomic E-state index is -0.365. The molecule has 126 valence electrons. The Labute approximate surface area is 145 Å². The number of hydrogen-bond acceptors (Lipinski definition) is 5. The number of aromatic amines is 1. The van der Waals surface area contributed by atoms with E-state index in [0.717, 1.165) is 25.3 Å². The van der Waals surface area contributed by atoms with E-state index >= 15 is 0 Å². The van der Waals surface area contributed by atoms with Gasteiger partial charge in [0.25, 0.3) is 5.56 Å². The van der Waals surface area contributed by atoms with Gasteiger partial charge in [0.2, 0.25) is 0 Å². The molecule has 0 spiro atoms. The molecular formula is C17H19ClN4O2. The molecule has 0 radical (unpaired) electrons. The lowest BCUT2D eigenvalue weighted by Gasteiger charge is -2.19. The maximum atomic E-state index is 11.7. The van der Waals surface area contributed by atoms with Crippen molar-refractivity contribution in [2.75, 3.05) is 25.0 Å². The number of ether oxygens (including phenoxy) is 1. The summed E-state index contributed by atoms with van der Waals surface area (Å²) in [6.45, 7) is 3.39. The zero-order valence-electron chi connectivity index (χ0n) is 13.5. The highest BCUT2D eigenvalue weighted by atomic mass is 35.5. The van der Waals surface area contributed by atoms with Gasteiger partial charge >= 0.3 is 0 Å². The summed E-state index contributed by atoms with van der Waals surface area (Å²) in [5, 5.41) is 6.40. The largest absolute Gasteiger partial charge is 0.489 e. The zero-order chi connectivity index (χ0) is 16.7. The van der Waals surface area contributed by atoms with Crippen LogP contribution in [-0.2, 0) is 13.1 Å². The summed E-state index contributed by atoms with van der Waals surface area (Å²) in [4.78, 5) is 16.0. The van der Waals surface area contributed by atoms with Gasteiger partial charge < -0.3 is 14.5 Å². The maximum Gasteiger partial charge on any atom is 0.285 e. The number of rotatable bonds is 3. The fourth-order valence-electron chi connectivity index (χ4n) is 3.44. The standard InChI is InChI=1S/C17H19ClN4O2/c1-21-6-5-12(9-21)24-15-4-2-3-11-8-22(10-13(11)15)14-7-19-20-17(23)16(14)18/h2-4,7,12H,5-6,8-10H2,1H3,(H,20,23). The Morgan fingerprint density at radius 3 is 3.04 bits per heavy atom. The molecule has 2 aliphatic rings. The first kappa shape index (κ1) is 15.5. The monoisotopic (exact) mass is 346 g/mol. The molecule has 1 aromatic heterocycles. The summed E-state index contributed by atoms with van der Waals surface area (Å²) in [6, 6.07) is 6.14. The third-order valence-corrected chi connectivity index (χ3v) is 5.07. The number of nitrogens with one attached hydrogen (secondary N) is 1. The van der Waals surface area contributed by atoms with Crippen molar-refractivity contribution in [2.24, 2.45) is 0 Å². The molecule has 2 aromatic rings. The van der Waals surface area contributed by atoms with Crippen LogP contribution in [0.4, 0.5) is 5.69 Å². The minimum Gasteiger partial charge on any atom is -0.489 e. The highest BCUT2D eigenvalue weighted by molar-refractivity contribution is 6.33. The molecule has 0 saturated carbocycles. The molecule has 0 aliphatic carbocycles. The third-order valence-electron chi connectivity index (χ3n) is 4.70. The van der Waals surface area contributed by atoms with Gasteiger partial charge in [-0.1, -0.05) is 23.7 Å². The number of halogens is 1. The number of hydrogen-bond donors (Lipinski definition) is 1. The first-order valence-electron chi connectivity index (χ1n) is 8.06. The SMILES string of the molecule is CN1CCC(Oc2cccc3c2CN(c2cn[nH]c(=O)c2Cl)C3)C1. The number of fused-ring (bicyclic) bond motifs is 1. The molecule has 1 N–H and O–H groups in total. The minimum absolute atomic E-state index is 0.178. The summed E-state index contributed by atoms with van der Waals surface area (Å²) < 4.78 is 6.24. The Hall–Kier alpha value is -2.05. The summed E-state index contributed by atoms with van der Waals surface area (Å²) in [6.07, 6.45) is 2.89. The van der Waals surface area contributed by atoms with Gasteiger partial charge in [-0.3, -0.25) is 4.79 Å². The number of aromatic nitrogens is 2. The van der Waals surface area contributed by atoms with Crippen LogP contribution in [0.15, 0.2) is 29.2 Å². The Balaban J connectivity index is 1.59.